The third-order valence-corrected chi connectivity index (χ3v) is 3.49. The lowest BCUT2D eigenvalue weighted by atomic mass is 10.1. The molecule has 1 aromatic carbocycles. The molecule has 2 rings (SSSR count). The Hall–Kier alpha value is -1.99. The van der Waals surface area contributed by atoms with Gasteiger partial charge < -0.3 is 14.8 Å². The fourth-order valence-electron chi connectivity index (χ4n) is 2.12. The van der Waals surface area contributed by atoms with Crippen LogP contribution in [0.25, 0.3) is 0 Å². The highest BCUT2D eigenvalue weighted by atomic mass is 32.1. The molecule has 1 atom stereocenters. The van der Waals surface area contributed by atoms with Gasteiger partial charge in [-0.15, -0.1) is 0 Å². The molecule has 0 saturated carbocycles. The van der Waals surface area contributed by atoms with Crippen LogP contribution < -0.4 is 10.7 Å². The summed E-state index contributed by atoms with van der Waals surface area (Å²) in [6.07, 6.45) is 3.89. The summed E-state index contributed by atoms with van der Waals surface area (Å²) in [5.74, 6) is -0.402. The summed E-state index contributed by atoms with van der Waals surface area (Å²) in [6, 6.07) is 7.05. The average molecular weight is 321 g/mol. The number of nitrogens with one attached hydrogen (secondary N) is 2. The van der Waals surface area contributed by atoms with Crippen molar-refractivity contribution >= 4 is 29.5 Å². The lowest BCUT2D eigenvalue weighted by molar-refractivity contribution is 0.0600. The monoisotopic (exact) mass is 321 g/mol. The Morgan fingerprint density at radius 2 is 2.36 bits per heavy atom. The molecule has 1 fully saturated rings. The third-order valence-electron chi connectivity index (χ3n) is 3.25. The van der Waals surface area contributed by atoms with E-state index in [0.717, 1.165) is 19.4 Å². The first-order valence-corrected chi connectivity index (χ1v) is 7.47. The first-order chi connectivity index (χ1) is 10.7. The Morgan fingerprint density at radius 3 is 3.09 bits per heavy atom. The van der Waals surface area contributed by atoms with Crippen molar-refractivity contribution < 1.29 is 14.3 Å². The number of esters is 1. The first-order valence-electron chi connectivity index (χ1n) is 7.06. The van der Waals surface area contributed by atoms with Crippen LogP contribution in [0.2, 0.25) is 0 Å². The number of benzene rings is 1. The predicted octanol–water partition coefficient (Wildman–Crippen LogP) is 1.45. The molecule has 0 amide bonds. The van der Waals surface area contributed by atoms with E-state index in [1.165, 1.54) is 13.3 Å². The summed E-state index contributed by atoms with van der Waals surface area (Å²) in [5, 5.41) is 7.50. The molecule has 1 aliphatic heterocycles. The molecule has 0 aliphatic carbocycles. The number of methoxy groups -OCH3 is 1. The molecule has 0 aromatic heterocycles. The minimum Gasteiger partial charge on any atom is -0.465 e. The van der Waals surface area contributed by atoms with Gasteiger partial charge in [0.2, 0.25) is 0 Å². The second-order valence-corrected chi connectivity index (χ2v) is 5.20. The highest BCUT2D eigenvalue weighted by molar-refractivity contribution is 7.80. The molecule has 6 nitrogen and oxygen atoms in total. The number of hydrazone groups is 1. The number of thiocarbonyl (C=S) groups is 1. The van der Waals surface area contributed by atoms with E-state index in [4.69, 9.17) is 21.7 Å². The number of nitrogens with zero attached hydrogens (tertiary/aromatic N) is 1. The van der Waals surface area contributed by atoms with Gasteiger partial charge >= 0.3 is 5.97 Å². The Morgan fingerprint density at radius 1 is 1.55 bits per heavy atom. The van der Waals surface area contributed by atoms with Gasteiger partial charge in [-0.2, -0.15) is 5.10 Å². The summed E-state index contributed by atoms with van der Waals surface area (Å²) in [6.45, 7) is 1.48. The van der Waals surface area contributed by atoms with E-state index >= 15 is 0 Å². The van der Waals surface area contributed by atoms with E-state index < -0.39 is 5.97 Å². The Labute approximate surface area is 134 Å². The molecule has 22 heavy (non-hydrogen) atoms. The maximum atomic E-state index is 11.6. The van der Waals surface area contributed by atoms with Gasteiger partial charge in [0.15, 0.2) is 5.11 Å². The fourth-order valence-corrected chi connectivity index (χ4v) is 2.25. The molecular weight excluding hydrogens is 302 g/mol. The number of hydrogen-bond donors (Lipinski definition) is 2. The topological polar surface area (TPSA) is 72.0 Å². The zero-order valence-corrected chi connectivity index (χ0v) is 13.2. The molecule has 1 aromatic rings. The second kappa shape index (κ2) is 8.45. The Balaban J connectivity index is 1.84. The van der Waals surface area contributed by atoms with Gasteiger partial charge in [-0.05, 0) is 31.1 Å². The van der Waals surface area contributed by atoms with Crippen LogP contribution in [-0.2, 0) is 9.47 Å². The highest BCUT2D eigenvalue weighted by Crippen LogP contribution is 2.10. The summed E-state index contributed by atoms with van der Waals surface area (Å²) in [5.41, 5.74) is 3.83. The Kier molecular flexibility index (Phi) is 6.29. The van der Waals surface area contributed by atoms with Gasteiger partial charge in [0.05, 0.1) is 25.0 Å². The third kappa shape index (κ3) is 4.78. The van der Waals surface area contributed by atoms with E-state index in [1.54, 1.807) is 18.2 Å². The van der Waals surface area contributed by atoms with Crippen LogP contribution in [0.1, 0.15) is 28.8 Å². The predicted molar refractivity (Wildman–Crippen MR) is 88.1 cm³/mol. The van der Waals surface area contributed by atoms with Gasteiger partial charge in [0.1, 0.15) is 0 Å². The largest absolute Gasteiger partial charge is 0.465 e. The van der Waals surface area contributed by atoms with Crippen LogP contribution in [0.15, 0.2) is 29.4 Å². The summed E-state index contributed by atoms with van der Waals surface area (Å²) in [4.78, 5) is 11.6. The summed E-state index contributed by atoms with van der Waals surface area (Å²) >= 11 is 5.13. The van der Waals surface area contributed by atoms with Crippen LogP contribution in [0.3, 0.4) is 0 Å². The number of ether oxygens (including phenoxy) is 2. The minimum absolute atomic E-state index is 0.212. The SMILES string of the molecule is COC(=O)c1ccccc1/C=N\NC(=S)NC[C@@H]1CCCO1. The number of rotatable bonds is 5. The maximum absolute atomic E-state index is 11.6. The van der Waals surface area contributed by atoms with Crippen molar-refractivity contribution in [2.45, 2.75) is 18.9 Å². The van der Waals surface area contributed by atoms with E-state index in [0.29, 0.717) is 22.8 Å². The molecule has 0 spiro atoms. The van der Waals surface area contributed by atoms with E-state index in [2.05, 4.69) is 15.8 Å². The summed E-state index contributed by atoms with van der Waals surface area (Å²) in [7, 11) is 1.35. The van der Waals surface area contributed by atoms with E-state index in [9.17, 15) is 4.79 Å². The van der Waals surface area contributed by atoms with Crippen LogP contribution >= 0.6 is 12.2 Å². The highest BCUT2D eigenvalue weighted by Gasteiger charge is 2.15. The molecule has 0 bridgehead atoms. The molecule has 1 heterocycles. The van der Waals surface area contributed by atoms with Crippen molar-refractivity contribution in [2.24, 2.45) is 5.10 Å². The number of carbonyl (C=O) groups is 1. The molecule has 2 N–H and O–H groups in total. The second-order valence-electron chi connectivity index (χ2n) is 4.79. The normalized spacial score (nSPS) is 17.4. The van der Waals surface area contributed by atoms with Crippen LogP contribution in [-0.4, -0.2) is 43.7 Å². The van der Waals surface area contributed by atoms with Crippen molar-refractivity contribution in [3.05, 3.63) is 35.4 Å². The van der Waals surface area contributed by atoms with Gasteiger partial charge in [-0.3, -0.25) is 5.43 Å². The molecule has 0 unspecified atom stereocenters. The van der Waals surface area contributed by atoms with Crippen LogP contribution in [0, 0.1) is 0 Å². The zero-order chi connectivity index (χ0) is 15.8. The quantitative estimate of drug-likeness (QED) is 0.370. The molecule has 0 radical (unpaired) electrons. The first kappa shape index (κ1) is 16.4. The number of carbonyl (C=O) groups excluding carboxylic acids is 1. The van der Waals surface area contributed by atoms with E-state index in [-0.39, 0.29) is 6.10 Å². The molecular formula is C15H19N3O3S. The van der Waals surface area contributed by atoms with Crippen molar-refractivity contribution in [3.8, 4) is 0 Å². The Bertz CT molecular complexity index is 557. The van der Waals surface area contributed by atoms with E-state index in [1.807, 2.05) is 6.07 Å². The van der Waals surface area contributed by atoms with Crippen LogP contribution in [0.5, 0.6) is 0 Å². The van der Waals surface area contributed by atoms with Gasteiger partial charge in [0.25, 0.3) is 0 Å². The maximum Gasteiger partial charge on any atom is 0.338 e. The van der Waals surface area contributed by atoms with Crippen LogP contribution in [0.4, 0.5) is 0 Å². The van der Waals surface area contributed by atoms with Gasteiger partial charge in [-0.1, -0.05) is 18.2 Å². The molecule has 1 saturated heterocycles. The van der Waals surface area contributed by atoms with Crippen molar-refractivity contribution in [3.63, 3.8) is 0 Å². The lowest BCUT2D eigenvalue weighted by Gasteiger charge is -2.11. The van der Waals surface area contributed by atoms with Crippen molar-refractivity contribution in [2.75, 3.05) is 20.3 Å². The molecule has 1 aliphatic rings. The average Bonchev–Trinajstić information content (AvgIpc) is 3.06. The minimum atomic E-state index is -0.402. The molecule has 7 heteroatoms. The smallest absolute Gasteiger partial charge is 0.338 e. The number of hydrogen-bond acceptors (Lipinski definition) is 5. The van der Waals surface area contributed by atoms with Crippen molar-refractivity contribution in [1.82, 2.24) is 10.7 Å². The molecule has 118 valence electrons. The lowest BCUT2D eigenvalue weighted by Crippen LogP contribution is -2.37. The van der Waals surface area contributed by atoms with Gasteiger partial charge in [-0.25, -0.2) is 4.79 Å². The fraction of sp³-hybridized carbons (Fsp3) is 0.400. The standard InChI is InChI=1S/C15H19N3O3S/c1-20-14(19)13-7-3-2-5-11(13)9-17-18-15(22)16-10-12-6-4-8-21-12/h2-3,5,7,9,12H,4,6,8,10H2,1H3,(H2,16,18,22)/b17-9-/t12-/m0/s1. The van der Waals surface area contributed by atoms with Gasteiger partial charge in [0, 0.05) is 18.7 Å². The zero-order valence-electron chi connectivity index (χ0n) is 12.4. The summed E-state index contributed by atoms with van der Waals surface area (Å²) < 4.78 is 10.2. The van der Waals surface area contributed by atoms with Crippen molar-refractivity contribution in [1.29, 1.82) is 0 Å².